The fourth-order valence-electron chi connectivity index (χ4n) is 3.42. The summed E-state index contributed by atoms with van der Waals surface area (Å²) in [5.74, 6) is 1.24. The summed E-state index contributed by atoms with van der Waals surface area (Å²) in [7, 11) is 0. The molecule has 1 heterocycles. The third kappa shape index (κ3) is 5.95. The summed E-state index contributed by atoms with van der Waals surface area (Å²) in [5.41, 5.74) is 2.15. The van der Waals surface area contributed by atoms with E-state index < -0.39 is 0 Å². The van der Waals surface area contributed by atoms with Gasteiger partial charge >= 0.3 is 0 Å². The van der Waals surface area contributed by atoms with Crippen molar-refractivity contribution >= 4 is 60.6 Å². The molecule has 0 atom stereocenters. The molecule has 0 bridgehead atoms. The molecular weight excluding hydrogens is 582 g/mol. The lowest BCUT2D eigenvalue weighted by molar-refractivity contribution is 0.306. The van der Waals surface area contributed by atoms with Gasteiger partial charge in [0.2, 0.25) is 0 Å². The largest absolute Gasteiger partial charge is 0.488 e. The summed E-state index contributed by atoms with van der Waals surface area (Å²) in [6.45, 7) is 2.49. The maximum atomic E-state index is 13.3. The van der Waals surface area contributed by atoms with Crippen LogP contribution >= 0.6 is 43.5 Å². The lowest BCUT2D eigenvalue weighted by atomic mass is 10.2. The standard InChI is InChI=1S/C26H22Br2ClN3O2/c1-2-3-4-25-31-23-11-9-20(28)14-22(23)26(33)32(25)30-15-18-13-21(29)10-12-24(18)34-16-17-5-7-19(27)8-6-17/h5-15H,2-4,16H2,1H3. The van der Waals surface area contributed by atoms with Crippen LogP contribution in [0, 0.1) is 0 Å². The van der Waals surface area contributed by atoms with Crippen LogP contribution in [0.2, 0.25) is 5.02 Å². The van der Waals surface area contributed by atoms with Crippen molar-refractivity contribution in [3.63, 3.8) is 0 Å². The molecule has 34 heavy (non-hydrogen) atoms. The molecule has 0 fully saturated rings. The molecule has 0 amide bonds. The zero-order valence-corrected chi connectivity index (χ0v) is 22.4. The summed E-state index contributed by atoms with van der Waals surface area (Å²) in [4.78, 5) is 18.0. The molecule has 0 aliphatic rings. The molecule has 174 valence electrons. The first-order valence-electron chi connectivity index (χ1n) is 10.9. The van der Waals surface area contributed by atoms with Gasteiger partial charge in [-0.15, -0.1) is 0 Å². The first-order chi connectivity index (χ1) is 16.4. The summed E-state index contributed by atoms with van der Waals surface area (Å²) in [6.07, 6.45) is 4.14. The number of benzene rings is 3. The lowest BCUT2D eigenvalue weighted by Gasteiger charge is -2.11. The Morgan fingerprint density at radius 1 is 1.06 bits per heavy atom. The average molecular weight is 604 g/mol. The third-order valence-electron chi connectivity index (χ3n) is 5.22. The van der Waals surface area contributed by atoms with Gasteiger partial charge in [0.05, 0.1) is 17.1 Å². The van der Waals surface area contributed by atoms with Crippen LogP contribution in [-0.4, -0.2) is 15.9 Å². The second-order valence-corrected chi connectivity index (χ2v) is 10.0. The minimum atomic E-state index is -0.215. The number of aromatic nitrogens is 2. The van der Waals surface area contributed by atoms with Gasteiger partial charge in [0.25, 0.3) is 5.56 Å². The fraction of sp³-hybridized carbons (Fsp3) is 0.192. The van der Waals surface area contributed by atoms with Gasteiger partial charge in [0.15, 0.2) is 0 Å². The minimum absolute atomic E-state index is 0.215. The number of fused-ring (bicyclic) bond motifs is 1. The third-order valence-corrected chi connectivity index (χ3v) is 6.48. The van der Waals surface area contributed by atoms with Crippen LogP contribution in [0.1, 0.15) is 36.7 Å². The van der Waals surface area contributed by atoms with Gasteiger partial charge in [-0.25, -0.2) is 4.98 Å². The number of aryl methyl sites for hydroxylation is 1. The molecule has 0 unspecified atom stereocenters. The average Bonchev–Trinajstić information content (AvgIpc) is 2.83. The van der Waals surface area contributed by atoms with Crippen LogP contribution in [0.15, 0.2) is 79.5 Å². The van der Waals surface area contributed by atoms with Crippen molar-refractivity contribution in [1.29, 1.82) is 0 Å². The van der Waals surface area contributed by atoms with Gasteiger partial charge in [0, 0.05) is 26.0 Å². The Labute approximate surface area is 219 Å². The van der Waals surface area contributed by atoms with Crippen LogP contribution in [0.5, 0.6) is 5.75 Å². The first-order valence-corrected chi connectivity index (χ1v) is 12.8. The van der Waals surface area contributed by atoms with Crippen LogP contribution in [0.25, 0.3) is 10.9 Å². The van der Waals surface area contributed by atoms with Crippen LogP contribution in [-0.2, 0) is 13.0 Å². The molecule has 4 aromatic rings. The maximum Gasteiger partial charge on any atom is 0.282 e. The molecule has 0 spiro atoms. The topological polar surface area (TPSA) is 56.5 Å². The monoisotopic (exact) mass is 601 g/mol. The van der Waals surface area contributed by atoms with Crippen LogP contribution in [0.4, 0.5) is 0 Å². The number of ether oxygens (including phenoxy) is 1. The second kappa shape index (κ2) is 11.3. The Hall–Kier alpha value is -2.48. The van der Waals surface area contributed by atoms with E-state index in [9.17, 15) is 4.79 Å². The van der Waals surface area contributed by atoms with E-state index in [0.717, 1.165) is 27.4 Å². The normalized spacial score (nSPS) is 11.4. The highest BCUT2D eigenvalue weighted by Crippen LogP contribution is 2.23. The molecule has 3 aromatic carbocycles. The molecule has 0 aliphatic heterocycles. The van der Waals surface area contributed by atoms with Gasteiger partial charge < -0.3 is 4.74 Å². The van der Waals surface area contributed by atoms with E-state index in [-0.39, 0.29) is 5.56 Å². The number of nitrogens with zero attached hydrogens (tertiary/aromatic N) is 3. The summed E-state index contributed by atoms with van der Waals surface area (Å²) < 4.78 is 9.25. The van der Waals surface area contributed by atoms with Gasteiger partial charge in [0.1, 0.15) is 18.2 Å². The van der Waals surface area contributed by atoms with Crippen LogP contribution < -0.4 is 10.3 Å². The Bertz CT molecular complexity index is 1400. The van der Waals surface area contributed by atoms with Crippen molar-refractivity contribution in [2.24, 2.45) is 5.10 Å². The highest BCUT2D eigenvalue weighted by molar-refractivity contribution is 9.10. The predicted octanol–water partition coefficient (Wildman–Crippen LogP) is 7.38. The molecule has 5 nitrogen and oxygen atoms in total. The molecule has 0 radical (unpaired) electrons. The van der Waals surface area contributed by atoms with Gasteiger partial charge in [-0.2, -0.15) is 9.78 Å². The van der Waals surface area contributed by atoms with Crippen molar-refractivity contribution in [2.45, 2.75) is 32.8 Å². The quantitative estimate of drug-likeness (QED) is 0.198. The molecule has 0 aliphatic carbocycles. The van der Waals surface area contributed by atoms with E-state index in [2.05, 4.69) is 43.9 Å². The van der Waals surface area contributed by atoms with Crippen molar-refractivity contribution in [2.75, 3.05) is 0 Å². The molecule has 1 aromatic heterocycles. The number of rotatable bonds is 8. The van der Waals surface area contributed by atoms with E-state index in [0.29, 0.717) is 46.1 Å². The smallest absolute Gasteiger partial charge is 0.282 e. The van der Waals surface area contributed by atoms with E-state index in [1.165, 1.54) is 4.68 Å². The lowest BCUT2D eigenvalue weighted by Crippen LogP contribution is -2.22. The number of hydrogen-bond donors (Lipinski definition) is 0. The summed E-state index contributed by atoms with van der Waals surface area (Å²) in [5, 5.41) is 5.59. The van der Waals surface area contributed by atoms with E-state index in [1.54, 1.807) is 30.5 Å². The SMILES string of the molecule is CCCCc1nc2ccc(Br)cc2c(=O)n1N=Cc1cc(Cl)ccc1OCc1ccc(Br)cc1. The van der Waals surface area contributed by atoms with Gasteiger partial charge in [-0.1, -0.05) is 68.9 Å². The zero-order chi connectivity index (χ0) is 24.1. The Balaban J connectivity index is 1.70. The number of halogens is 3. The number of unbranched alkanes of at least 4 members (excludes halogenated alkanes) is 1. The first kappa shape index (κ1) is 24.6. The molecule has 4 rings (SSSR count). The van der Waals surface area contributed by atoms with E-state index in [1.807, 2.05) is 36.4 Å². The minimum Gasteiger partial charge on any atom is -0.488 e. The predicted molar refractivity (Wildman–Crippen MR) is 145 cm³/mol. The van der Waals surface area contributed by atoms with Crippen molar-refractivity contribution in [1.82, 2.24) is 9.66 Å². The second-order valence-electron chi connectivity index (χ2n) is 7.75. The molecule has 8 heteroatoms. The van der Waals surface area contributed by atoms with Crippen molar-refractivity contribution < 1.29 is 4.74 Å². The van der Waals surface area contributed by atoms with Crippen LogP contribution in [0.3, 0.4) is 0 Å². The van der Waals surface area contributed by atoms with Crippen molar-refractivity contribution in [3.8, 4) is 5.75 Å². The Kier molecular flexibility index (Phi) is 8.19. The maximum absolute atomic E-state index is 13.3. The van der Waals surface area contributed by atoms with Gasteiger partial charge in [-0.05, 0) is 60.5 Å². The molecule has 0 N–H and O–H groups in total. The molecular formula is C26H22Br2ClN3O2. The Morgan fingerprint density at radius 2 is 1.82 bits per heavy atom. The fourth-order valence-corrected chi connectivity index (χ4v) is 4.23. The summed E-state index contributed by atoms with van der Waals surface area (Å²) in [6, 6.07) is 18.8. The number of hydrogen-bond acceptors (Lipinski definition) is 4. The van der Waals surface area contributed by atoms with Crippen molar-refractivity contribution in [3.05, 3.63) is 102 Å². The van der Waals surface area contributed by atoms with E-state index >= 15 is 0 Å². The molecule has 0 saturated heterocycles. The summed E-state index contributed by atoms with van der Waals surface area (Å²) >= 11 is 13.1. The van der Waals surface area contributed by atoms with Gasteiger partial charge in [-0.3, -0.25) is 4.79 Å². The Morgan fingerprint density at radius 3 is 2.59 bits per heavy atom. The molecule has 0 saturated carbocycles. The zero-order valence-electron chi connectivity index (χ0n) is 18.5. The highest BCUT2D eigenvalue weighted by atomic mass is 79.9. The highest BCUT2D eigenvalue weighted by Gasteiger charge is 2.12. The van der Waals surface area contributed by atoms with E-state index in [4.69, 9.17) is 21.3 Å².